The molecule has 1 aromatic carbocycles. The van der Waals surface area contributed by atoms with Crippen LogP contribution in [-0.4, -0.2) is 23.8 Å². The third kappa shape index (κ3) is 5.32. The van der Waals surface area contributed by atoms with E-state index in [2.05, 4.69) is 10.3 Å². The predicted octanol–water partition coefficient (Wildman–Crippen LogP) is 6.02. The normalized spacial score (nSPS) is 11.4. The molecule has 0 saturated carbocycles. The molecule has 0 atom stereocenters. The number of carbonyl (C=O) groups excluding carboxylic acids is 1. The number of benzene rings is 1. The van der Waals surface area contributed by atoms with Crippen LogP contribution in [0.4, 0.5) is 14.9 Å². The van der Waals surface area contributed by atoms with Gasteiger partial charge in [-0.25, -0.2) is 14.2 Å². The summed E-state index contributed by atoms with van der Waals surface area (Å²) in [6.45, 7) is 9.18. The molecule has 146 valence electrons. The second-order valence-corrected chi connectivity index (χ2v) is 7.82. The minimum atomic E-state index is -0.649. The number of carbonyl (C=O) groups is 1. The fraction of sp³-hybridized carbons (Fsp3) is 0.400. The maximum absolute atomic E-state index is 14.4. The molecule has 5 nitrogen and oxygen atoms in total. The number of halogens is 2. The van der Waals surface area contributed by atoms with Crippen LogP contribution >= 0.6 is 11.6 Å². The SMILES string of the molecule is COc1nc(C(C)C)c(NC(=O)OC(C)(C)C)cc1-c1cc(Cl)ccc1F. The second-order valence-electron chi connectivity index (χ2n) is 7.38. The number of pyridine rings is 1. The molecular weight excluding hydrogens is 371 g/mol. The van der Waals surface area contributed by atoms with E-state index in [0.29, 0.717) is 22.0 Å². The van der Waals surface area contributed by atoms with Crippen LogP contribution in [0.5, 0.6) is 5.88 Å². The van der Waals surface area contributed by atoms with Gasteiger partial charge in [-0.1, -0.05) is 25.4 Å². The van der Waals surface area contributed by atoms with Crippen molar-refractivity contribution in [1.29, 1.82) is 0 Å². The van der Waals surface area contributed by atoms with Gasteiger partial charge in [-0.15, -0.1) is 0 Å². The first-order valence-corrected chi connectivity index (χ1v) is 8.94. The highest BCUT2D eigenvalue weighted by Gasteiger charge is 2.22. The Morgan fingerprint density at radius 2 is 1.89 bits per heavy atom. The van der Waals surface area contributed by atoms with Crippen molar-refractivity contribution in [3.05, 3.63) is 40.8 Å². The molecule has 0 fully saturated rings. The minimum absolute atomic E-state index is 0.0119. The van der Waals surface area contributed by atoms with Crippen LogP contribution in [-0.2, 0) is 4.74 Å². The van der Waals surface area contributed by atoms with Crippen molar-refractivity contribution in [2.24, 2.45) is 0 Å². The molecule has 0 saturated heterocycles. The van der Waals surface area contributed by atoms with Gasteiger partial charge in [0.25, 0.3) is 0 Å². The summed E-state index contributed by atoms with van der Waals surface area (Å²) in [5.41, 5.74) is 0.991. The van der Waals surface area contributed by atoms with Gasteiger partial charge in [-0.2, -0.15) is 0 Å². The lowest BCUT2D eigenvalue weighted by Crippen LogP contribution is -2.27. The highest BCUT2D eigenvalue weighted by molar-refractivity contribution is 6.30. The first kappa shape index (κ1) is 21.0. The number of nitrogens with one attached hydrogen (secondary N) is 1. The summed E-state index contributed by atoms with van der Waals surface area (Å²) in [7, 11) is 1.46. The molecule has 0 unspecified atom stereocenters. The zero-order valence-electron chi connectivity index (χ0n) is 16.3. The van der Waals surface area contributed by atoms with E-state index >= 15 is 0 Å². The topological polar surface area (TPSA) is 60.5 Å². The number of nitrogens with zero attached hydrogens (tertiary/aromatic N) is 1. The Hall–Kier alpha value is -2.34. The van der Waals surface area contributed by atoms with Crippen LogP contribution in [0.2, 0.25) is 5.02 Å². The molecule has 1 aromatic heterocycles. The third-order valence-corrected chi connectivity index (χ3v) is 3.85. The monoisotopic (exact) mass is 394 g/mol. The van der Waals surface area contributed by atoms with Crippen molar-refractivity contribution in [3.8, 4) is 17.0 Å². The van der Waals surface area contributed by atoms with Gasteiger partial charge in [-0.3, -0.25) is 5.32 Å². The quantitative estimate of drug-likeness (QED) is 0.688. The molecule has 0 aliphatic heterocycles. The lowest BCUT2D eigenvalue weighted by atomic mass is 10.0. The minimum Gasteiger partial charge on any atom is -0.481 e. The number of anilines is 1. The van der Waals surface area contributed by atoms with Crippen LogP contribution < -0.4 is 10.1 Å². The molecule has 7 heteroatoms. The largest absolute Gasteiger partial charge is 0.481 e. The summed E-state index contributed by atoms with van der Waals surface area (Å²) in [5, 5.41) is 3.09. The standard InChI is InChI=1S/C20H24ClFN2O3/c1-11(2)17-16(23-19(25)27-20(3,4)5)10-14(18(24-17)26-6)13-9-12(21)7-8-15(13)22/h7-11H,1-6H3,(H,23,25). The molecule has 0 aliphatic rings. The Morgan fingerprint density at radius 3 is 2.44 bits per heavy atom. The number of methoxy groups -OCH3 is 1. The number of aromatic nitrogens is 1. The molecule has 0 spiro atoms. The third-order valence-electron chi connectivity index (χ3n) is 3.61. The summed E-state index contributed by atoms with van der Waals surface area (Å²) in [6.07, 6.45) is -0.617. The summed E-state index contributed by atoms with van der Waals surface area (Å²) < 4.78 is 25.1. The molecule has 0 bridgehead atoms. The van der Waals surface area contributed by atoms with Gasteiger partial charge in [0.2, 0.25) is 5.88 Å². The van der Waals surface area contributed by atoms with E-state index < -0.39 is 17.5 Å². The van der Waals surface area contributed by atoms with Gasteiger partial charge >= 0.3 is 6.09 Å². The first-order valence-electron chi connectivity index (χ1n) is 8.56. The van der Waals surface area contributed by atoms with Crippen molar-refractivity contribution in [3.63, 3.8) is 0 Å². The molecule has 2 rings (SSSR count). The Morgan fingerprint density at radius 1 is 1.22 bits per heavy atom. The number of hydrogen-bond donors (Lipinski definition) is 1. The van der Waals surface area contributed by atoms with Crippen LogP contribution in [0.3, 0.4) is 0 Å². The van der Waals surface area contributed by atoms with Gasteiger partial charge in [0.05, 0.1) is 18.5 Å². The van der Waals surface area contributed by atoms with E-state index in [1.165, 1.54) is 25.3 Å². The Bertz CT molecular complexity index is 848. The van der Waals surface area contributed by atoms with Crippen molar-refractivity contribution < 1.29 is 18.7 Å². The van der Waals surface area contributed by atoms with E-state index in [1.54, 1.807) is 26.8 Å². The van der Waals surface area contributed by atoms with Gasteiger partial charge in [0, 0.05) is 16.1 Å². The molecule has 0 radical (unpaired) electrons. The Kier molecular flexibility index (Phi) is 6.31. The molecule has 2 aromatic rings. The molecule has 1 amide bonds. The molecule has 1 heterocycles. The van der Waals surface area contributed by atoms with E-state index in [9.17, 15) is 9.18 Å². The van der Waals surface area contributed by atoms with Crippen LogP contribution in [0.15, 0.2) is 24.3 Å². The Labute approximate surface area is 163 Å². The zero-order valence-corrected chi connectivity index (χ0v) is 17.1. The smallest absolute Gasteiger partial charge is 0.412 e. The maximum Gasteiger partial charge on any atom is 0.412 e. The fourth-order valence-corrected chi connectivity index (χ4v) is 2.69. The molecule has 1 N–H and O–H groups in total. The highest BCUT2D eigenvalue weighted by Crippen LogP contribution is 2.37. The van der Waals surface area contributed by atoms with E-state index in [0.717, 1.165) is 0 Å². The number of amides is 1. The summed E-state index contributed by atoms with van der Waals surface area (Å²) in [4.78, 5) is 16.7. The predicted molar refractivity (Wildman–Crippen MR) is 105 cm³/mol. The van der Waals surface area contributed by atoms with Gasteiger partial charge in [0.15, 0.2) is 0 Å². The van der Waals surface area contributed by atoms with Gasteiger partial charge in [0.1, 0.15) is 11.4 Å². The van der Waals surface area contributed by atoms with Crippen LogP contribution in [0, 0.1) is 5.82 Å². The average Bonchev–Trinajstić information content (AvgIpc) is 2.54. The van der Waals surface area contributed by atoms with Crippen molar-refractivity contribution >= 4 is 23.4 Å². The molecular formula is C20H24ClFN2O3. The van der Waals surface area contributed by atoms with Crippen LogP contribution in [0.1, 0.15) is 46.2 Å². The summed E-state index contributed by atoms with van der Waals surface area (Å²) in [6, 6.07) is 5.85. The second kappa shape index (κ2) is 8.13. The van der Waals surface area contributed by atoms with Gasteiger partial charge in [-0.05, 0) is 51.0 Å². The van der Waals surface area contributed by atoms with Crippen molar-refractivity contribution in [2.75, 3.05) is 12.4 Å². The average molecular weight is 395 g/mol. The lowest BCUT2D eigenvalue weighted by molar-refractivity contribution is 0.0635. The van der Waals surface area contributed by atoms with Crippen LogP contribution in [0.25, 0.3) is 11.1 Å². The summed E-state index contributed by atoms with van der Waals surface area (Å²) >= 11 is 6.02. The molecule has 0 aliphatic carbocycles. The van der Waals surface area contributed by atoms with Crippen molar-refractivity contribution in [1.82, 2.24) is 4.98 Å². The van der Waals surface area contributed by atoms with E-state index in [-0.39, 0.29) is 17.4 Å². The van der Waals surface area contributed by atoms with E-state index in [1.807, 2.05) is 13.8 Å². The van der Waals surface area contributed by atoms with Crippen molar-refractivity contribution in [2.45, 2.75) is 46.1 Å². The zero-order chi connectivity index (χ0) is 20.4. The maximum atomic E-state index is 14.4. The van der Waals surface area contributed by atoms with Gasteiger partial charge < -0.3 is 9.47 Å². The fourth-order valence-electron chi connectivity index (χ4n) is 2.52. The molecule has 27 heavy (non-hydrogen) atoms. The number of rotatable bonds is 4. The highest BCUT2D eigenvalue weighted by atomic mass is 35.5. The first-order chi connectivity index (χ1) is 12.5. The van der Waals surface area contributed by atoms with E-state index in [4.69, 9.17) is 21.1 Å². The lowest BCUT2D eigenvalue weighted by Gasteiger charge is -2.22. The summed E-state index contributed by atoms with van der Waals surface area (Å²) in [5.74, 6) is -0.239. The Balaban J connectivity index is 2.58. The number of ether oxygens (including phenoxy) is 2. The number of hydrogen-bond acceptors (Lipinski definition) is 4.